The van der Waals surface area contributed by atoms with Crippen molar-refractivity contribution in [2.45, 2.75) is 92.4 Å². The quantitative estimate of drug-likeness (QED) is 0.515. The fourth-order valence-electron chi connectivity index (χ4n) is 4.29. The first-order valence-corrected chi connectivity index (χ1v) is 9.05. The van der Waals surface area contributed by atoms with Gasteiger partial charge in [0.2, 0.25) is 0 Å². The van der Waals surface area contributed by atoms with E-state index in [-0.39, 0.29) is 16.6 Å². The number of aliphatic hydroxyl groups excluding tert-OH is 1. The van der Waals surface area contributed by atoms with Gasteiger partial charge in [-0.15, -0.1) is 0 Å². The molecule has 2 rings (SSSR count). The monoisotopic (exact) mass is 306 g/mol. The average Bonchev–Trinajstić information content (AvgIpc) is 2.49. The van der Waals surface area contributed by atoms with Crippen LogP contribution >= 0.6 is 0 Å². The predicted molar refractivity (Wildman–Crippen MR) is 91.9 cm³/mol. The smallest absolute Gasteiger partial charge is 0.167 e. The minimum absolute atomic E-state index is 0.178. The molecular formula is C20H34O2. The van der Waals surface area contributed by atoms with Crippen molar-refractivity contribution < 1.29 is 9.90 Å². The van der Waals surface area contributed by atoms with Crippen LogP contribution in [0.25, 0.3) is 0 Å². The zero-order chi connectivity index (χ0) is 16.6. The number of ketones is 1. The molecule has 126 valence electrons. The van der Waals surface area contributed by atoms with E-state index in [4.69, 9.17) is 0 Å². The van der Waals surface area contributed by atoms with Gasteiger partial charge in [0.15, 0.2) is 5.78 Å². The van der Waals surface area contributed by atoms with E-state index in [0.717, 1.165) is 51.4 Å². The zero-order valence-corrected chi connectivity index (χ0v) is 15.2. The van der Waals surface area contributed by atoms with Gasteiger partial charge >= 0.3 is 0 Å². The Hall–Kier alpha value is -0.790. The van der Waals surface area contributed by atoms with E-state index < -0.39 is 0 Å². The summed E-state index contributed by atoms with van der Waals surface area (Å²) in [6, 6.07) is 0. The molecule has 2 heteroatoms. The van der Waals surface area contributed by atoms with Crippen molar-refractivity contribution >= 4 is 5.78 Å². The molecule has 2 saturated carbocycles. The first-order chi connectivity index (χ1) is 10.1. The molecule has 22 heavy (non-hydrogen) atoms. The van der Waals surface area contributed by atoms with E-state index in [9.17, 15) is 9.90 Å². The molecule has 2 nitrogen and oxygen atoms in total. The number of Topliss-reactive ketones (excluding diaryl/α,β-unsaturated/α-hetero) is 1. The Morgan fingerprint density at radius 3 is 1.77 bits per heavy atom. The third-order valence-electron chi connectivity index (χ3n) is 6.48. The van der Waals surface area contributed by atoms with Gasteiger partial charge in [0, 0.05) is 16.4 Å². The molecule has 2 aliphatic carbocycles. The molecule has 0 aromatic heterocycles. The minimum Gasteiger partial charge on any atom is -0.511 e. The molecule has 0 aromatic rings. The van der Waals surface area contributed by atoms with Gasteiger partial charge in [0.05, 0.1) is 0 Å². The highest BCUT2D eigenvalue weighted by atomic mass is 16.3. The fourth-order valence-corrected chi connectivity index (χ4v) is 4.29. The predicted octanol–water partition coefficient (Wildman–Crippen LogP) is 5.96. The summed E-state index contributed by atoms with van der Waals surface area (Å²) < 4.78 is 0. The van der Waals surface area contributed by atoms with Crippen LogP contribution in [0.3, 0.4) is 0 Å². The molecule has 0 aromatic carbocycles. The second kappa shape index (κ2) is 6.02. The van der Waals surface area contributed by atoms with Crippen LogP contribution in [0.4, 0.5) is 0 Å². The van der Waals surface area contributed by atoms with Crippen molar-refractivity contribution in [3.05, 3.63) is 11.3 Å². The number of rotatable bonds is 3. The first-order valence-electron chi connectivity index (χ1n) is 9.05. The summed E-state index contributed by atoms with van der Waals surface area (Å²) in [6.07, 6.45) is 9.67. The topological polar surface area (TPSA) is 37.3 Å². The van der Waals surface area contributed by atoms with Crippen LogP contribution in [-0.2, 0) is 4.79 Å². The van der Waals surface area contributed by atoms with Gasteiger partial charge < -0.3 is 5.11 Å². The highest BCUT2D eigenvalue weighted by molar-refractivity contribution is 5.99. The Labute approximate surface area is 136 Å². The van der Waals surface area contributed by atoms with Crippen LogP contribution in [0, 0.1) is 16.2 Å². The zero-order valence-electron chi connectivity index (χ0n) is 15.2. The summed E-state index contributed by atoms with van der Waals surface area (Å²) in [5, 5.41) is 10.8. The minimum atomic E-state index is -0.279. The van der Waals surface area contributed by atoms with Gasteiger partial charge in [-0.3, -0.25) is 4.79 Å². The molecule has 0 heterocycles. The lowest BCUT2D eigenvalue weighted by Crippen LogP contribution is -2.37. The highest BCUT2D eigenvalue weighted by Crippen LogP contribution is 2.48. The second-order valence-corrected chi connectivity index (χ2v) is 9.15. The molecule has 0 atom stereocenters. The van der Waals surface area contributed by atoms with Crippen LogP contribution in [0.5, 0.6) is 0 Å². The van der Waals surface area contributed by atoms with E-state index in [1.54, 1.807) is 0 Å². The van der Waals surface area contributed by atoms with Crippen molar-refractivity contribution in [2.24, 2.45) is 16.2 Å². The number of carbonyl (C=O) groups excluding carboxylic acids is 1. The third kappa shape index (κ3) is 3.41. The lowest BCUT2D eigenvalue weighted by molar-refractivity contribution is -0.127. The average molecular weight is 306 g/mol. The van der Waals surface area contributed by atoms with Gasteiger partial charge in [-0.1, -0.05) is 47.0 Å². The van der Waals surface area contributed by atoms with Crippen LogP contribution in [-0.4, -0.2) is 10.9 Å². The van der Waals surface area contributed by atoms with Crippen molar-refractivity contribution in [2.75, 3.05) is 0 Å². The summed E-state index contributed by atoms with van der Waals surface area (Å²) in [4.78, 5) is 13.0. The Morgan fingerprint density at radius 2 is 1.27 bits per heavy atom. The lowest BCUT2D eigenvalue weighted by atomic mass is 9.63. The van der Waals surface area contributed by atoms with Gasteiger partial charge in [-0.25, -0.2) is 0 Å². The molecule has 0 aliphatic heterocycles. The summed E-state index contributed by atoms with van der Waals surface area (Å²) in [6.45, 7) is 10.7. The molecule has 0 spiro atoms. The number of aliphatic hydroxyl groups is 1. The Balaban J connectivity index is 2.19. The standard InChI is InChI=1S/C20H34O2/c1-15(16(21)19(4)9-7-6-8-10-19)17(22)20(5)13-11-18(2,3)12-14-20/h21H,6-14H2,1-5H3. The summed E-state index contributed by atoms with van der Waals surface area (Å²) in [5.74, 6) is 0.565. The lowest BCUT2D eigenvalue weighted by Gasteiger charge is -2.41. The van der Waals surface area contributed by atoms with Crippen molar-refractivity contribution in [3.63, 3.8) is 0 Å². The van der Waals surface area contributed by atoms with Crippen LogP contribution in [0.1, 0.15) is 92.4 Å². The van der Waals surface area contributed by atoms with Crippen LogP contribution in [0.15, 0.2) is 11.3 Å². The SMILES string of the molecule is CC(C(=O)C1(C)CCC(C)(C)CC1)=C(O)C1(C)CCCCC1. The molecule has 2 aliphatic rings. The molecule has 0 amide bonds. The summed E-state index contributed by atoms with van der Waals surface area (Å²) in [5.41, 5.74) is 0.530. The Bertz CT molecular complexity index is 454. The summed E-state index contributed by atoms with van der Waals surface area (Å²) >= 11 is 0. The summed E-state index contributed by atoms with van der Waals surface area (Å²) in [7, 11) is 0. The fraction of sp³-hybridized carbons (Fsp3) is 0.850. The maximum absolute atomic E-state index is 13.0. The van der Waals surface area contributed by atoms with Gasteiger partial charge in [-0.2, -0.15) is 0 Å². The van der Waals surface area contributed by atoms with E-state index in [2.05, 4.69) is 27.7 Å². The molecular weight excluding hydrogens is 272 g/mol. The maximum Gasteiger partial charge on any atom is 0.167 e. The number of carbonyl (C=O) groups is 1. The van der Waals surface area contributed by atoms with E-state index >= 15 is 0 Å². The number of hydrogen-bond acceptors (Lipinski definition) is 2. The Kier molecular flexibility index (Phi) is 4.80. The van der Waals surface area contributed by atoms with Crippen molar-refractivity contribution in [3.8, 4) is 0 Å². The van der Waals surface area contributed by atoms with E-state index in [1.165, 1.54) is 6.42 Å². The second-order valence-electron chi connectivity index (χ2n) is 9.15. The van der Waals surface area contributed by atoms with Gasteiger partial charge in [0.25, 0.3) is 0 Å². The molecule has 2 fully saturated rings. The molecule has 0 saturated heterocycles. The van der Waals surface area contributed by atoms with E-state index in [1.807, 2.05) is 6.92 Å². The molecule has 0 bridgehead atoms. The highest BCUT2D eigenvalue weighted by Gasteiger charge is 2.42. The number of allylic oxidation sites excluding steroid dienone is 2. The number of hydrogen-bond donors (Lipinski definition) is 1. The van der Waals surface area contributed by atoms with Crippen LogP contribution < -0.4 is 0 Å². The largest absolute Gasteiger partial charge is 0.511 e. The Morgan fingerprint density at radius 1 is 0.773 bits per heavy atom. The van der Waals surface area contributed by atoms with Gasteiger partial charge in [-0.05, 0) is 50.9 Å². The van der Waals surface area contributed by atoms with Crippen LogP contribution in [0.2, 0.25) is 0 Å². The third-order valence-corrected chi connectivity index (χ3v) is 6.48. The van der Waals surface area contributed by atoms with E-state index in [0.29, 0.717) is 16.7 Å². The molecule has 0 radical (unpaired) electrons. The van der Waals surface area contributed by atoms with Gasteiger partial charge in [0.1, 0.15) is 5.76 Å². The molecule has 0 unspecified atom stereocenters. The maximum atomic E-state index is 13.0. The first kappa shape index (κ1) is 17.6. The normalized spacial score (nSPS) is 27.9. The van der Waals surface area contributed by atoms with Crippen molar-refractivity contribution in [1.82, 2.24) is 0 Å². The molecule has 1 N–H and O–H groups in total. The van der Waals surface area contributed by atoms with Crippen molar-refractivity contribution in [1.29, 1.82) is 0 Å².